The number of carbonyl (C=O) groups excluding carboxylic acids is 1. The fourth-order valence-electron chi connectivity index (χ4n) is 1.79. The summed E-state index contributed by atoms with van der Waals surface area (Å²) in [6, 6.07) is 3.14. The van der Waals surface area contributed by atoms with Gasteiger partial charge >= 0.3 is 5.97 Å². The lowest BCUT2D eigenvalue weighted by molar-refractivity contribution is -0.137. The molecule has 0 saturated carbocycles. The van der Waals surface area contributed by atoms with Crippen molar-refractivity contribution < 1.29 is 23.8 Å². The second-order valence-electron chi connectivity index (χ2n) is 4.51. The molecule has 7 heteroatoms. The van der Waals surface area contributed by atoms with Crippen molar-refractivity contribution in [3.8, 4) is 5.75 Å². The molecule has 0 saturated heterocycles. The fourth-order valence-corrected chi connectivity index (χ4v) is 2.01. The molecular formula is C14H17ClFNO4. The standard InChI is InChI=1S/C14H17ClFNO4/c1-2-3-10(7-14(19)20)17-13(18)8-21-12-5-4-9(16)6-11(12)15/h4-6,10H,2-3,7-8H2,1H3,(H,17,18)(H,19,20). The number of hydrogen-bond acceptors (Lipinski definition) is 3. The molecule has 21 heavy (non-hydrogen) atoms. The summed E-state index contributed by atoms with van der Waals surface area (Å²) >= 11 is 5.76. The molecule has 0 aliphatic heterocycles. The molecule has 0 bridgehead atoms. The molecule has 2 N–H and O–H groups in total. The van der Waals surface area contributed by atoms with Crippen molar-refractivity contribution in [2.24, 2.45) is 0 Å². The van der Waals surface area contributed by atoms with E-state index in [4.69, 9.17) is 21.4 Å². The molecule has 0 aliphatic carbocycles. The molecule has 1 atom stereocenters. The van der Waals surface area contributed by atoms with Crippen LogP contribution in [0.15, 0.2) is 18.2 Å². The Hall–Kier alpha value is -1.82. The first kappa shape index (κ1) is 17.2. The number of nitrogens with one attached hydrogen (secondary N) is 1. The van der Waals surface area contributed by atoms with Crippen LogP contribution in [0.4, 0.5) is 4.39 Å². The van der Waals surface area contributed by atoms with Gasteiger partial charge in [-0.3, -0.25) is 9.59 Å². The third-order valence-corrected chi connectivity index (χ3v) is 2.97. The van der Waals surface area contributed by atoms with Crippen LogP contribution in [0.25, 0.3) is 0 Å². The van der Waals surface area contributed by atoms with Crippen LogP contribution in [0.3, 0.4) is 0 Å². The molecule has 0 aromatic heterocycles. The summed E-state index contributed by atoms with van der Waals surface area (Å²) in [6.45, 7) is 1.58. The Labute approximate surface area is 127 Å². The lowest BCUT2D eigenvalue weighted by Gasteiger charge is -2.16. The van der Waals surface area contributed by atoms with Gasteiger partial charge in [-0.2, -0.15) is 0 Å². The Morgan fingerprint density at radius 2 is 2.19 bits per heavy atom. The monoisotopic (exact) mass is 317 g/mol. The predicted octanol–water partition coefficient (Wildman–Crippen LogP) is 2.62. The van der Waals surface area contributed by atoms with Crippen LogP contribution in [-0.2, 0) is 9.59 Å². The van der Waals surface area contributed by atoms with Gasteiger partial charge in [0, 0.05) is 6.04 Å². The minimum atomic E-state index is -0.976. The highest BCUT2D eigenvalue weighted by molar-refractivity contribution is 6.32. The molecule has 0 heterocycles. The number of benzene rings is 1. The maximum Gasteiger partial charge on any atom is 0.305 e. The lowest BCUT2D eigenvalue weighted by atomic mass is 10.1. The Kier molecular flexibility index (Phi) is 6.94. The summed E-state index contributed by atoms with van der Waals surface area (Å²) in [5, 5.41) is 11.4. The molecule has 1 aromatic carbocycles. The van der Waals surface area contributed by atoms with E-state index in [1.165, 1.54) is 12.1 Å². The first-order valence-electron chi connectivity index (χ1n) is 6.51. The van der Waals surface area contributed by atoms with Gasteiger partial charge in [0.1, 0.15) is 11.6 Å². The summed E-state index contributed by atoms with van der Waals surface area (Å²) in [4.78, 5) is 22.4. The number of amides is 1. The summed E-state index contributed by atoms with van der Waals surface area (Å²) < 4.78 is 18.0. The van der Waals surface area contributed by atoms with Gasteiger partial charge in [0.05, 0.1) is 11.4 Å². The highest BCUT2D eigenvalue weighted by atomic mass is 35.5. The van der Waals surface area contributed by atoms with Crippen LogP contribution in [0.2, 0.25) is 5.02 Å². The van der Waals surface area contributed by atoms with E-state index in [0.29, 0.717) is 6.42 Å². The molecule has 1 amide bonds. The van der Waals surface area contributed by atoms with E-state index in [1.54, 1.807) is 0 Å². The third-order valence-electron chi connectivity index (χ3n) is 2.68. The van der Waals surface area contributed by atoms with Gasteiger partial charge in [0.2, 0.25) is 0 Å². The van der Waals surface area contributed by atoms with Crippen LogP contribution in [0.1, 0.15) is 26.2 Å². The molecule has 1 unspecified atom stereocenters. The number of carboxylic acid groups (broad SMARTS) is 1. The Morgan fingerprint density at radius 1 is 1.48 bits per heavy atom. The van der Waals surface area contributed by atoms with Crippen LogP contribution >= 0.6 is 11.6 Å². The van der Waals surface area contributed by atoms with Crippen molar-refractivity contribution >= 4 is 23.5 Å². The zero-order chi connectivity index (χ0) is 15.8. The van der Waals surface area contributed by atoms with Crippen LogP contribution in [-0.4, -0.2) is 29.6 Å². The van der Waals surface area contributed by atoms with E-state index in [0.717, 1.165) is 12.5 Å². The largest absolute Gasteiger partial charge is 0.482 e. The minimum Gasteiger partial charge on any atom is -0.482 e. The van der Waals surface area contributed by atoms with Crippen molar-refractivity contribution in [1.29, 1.82) is 0 Å². The number of carboxylic acids is 1. The SMILES string of the molecule is CCCC(CC(=O)O)NC(=O)COc1ccc(F)cc1Cl. The molecule has 116 valence electrons. The summed E-state index contributed by atoms with van der Waals surface area (Å²) in [7, 11) is 0. The number of rotatable bonds is 8. The first-order valence-corrected chi connectivity index (χ1v) is 6.89. The number of carbonyl (C=O) groups is 2. The molecular weight excluding hydrogens is 301 g/mol. The number of hydrogen-bond donors (Lipinski definition) is 2. The van der Waals surface area contributed by atoms with Gasteiger partial charge in [0.25, 0.3) is 5.91 Å². The number of aliphatic carboxylic acids is 1. The zero-order valence-electron chi connectivity index (χ0n) is 11.6. The maximum atomic E-state index is 12.8. The number of ether oxygens (including phenoxy) is 1. The maximum absolute atomic E-state index is 12.8. The van der Waals surface area contributed by atoms with Crippen LogP contribution < -0.4 is 10.1 Å². The smallest absolute Gasteiger partial charge is 0.305 e. The van der Waals surface area contributed by atoms with Gasteiger partial charge in [0.15, 0.2) is 6.61 Å². The van der Waals surface area contributed by atoms with Gasteiger partial charge in [-0.1, -0.05) is 24.9 Å². The average Bonchev–Trinajstić information content (AvgIpc) is 2.37. The molecule has 0 radical (unpaired) electrons. The second kappa shape index (κ2) is 8.46. The topological polar surface area (TPSA) is 75.6 Å². The molecule has 5 nitrogen and oxygen atoms in total. The van der Waals surface area contributed by atoms with Crippen molar-refractivity contribution in [2.75, 3.05) is 6.61 Å². The average molecular weight is 318 g/mol. The van der Waals surface area contributed by atoms with Crippen LogP contribution in [0, 0.1) is 5.82 Å². The Morgan fingerprint density at radius 3 is 2.76 bits per heavy atom. The quantitative estimate of drug-likeness (QED) is 0.773. The van der Waals surface area contributed by atoms with Crippen LogP contribution in [0.5, 0.6) is 5.75 Å². The molecule has 0 fully saturated rings. The minimum absolute atomic E-state index is 0.0680. The van der Waals surface area contributed by atoms with E-state index in [-0.39, 0.29) is 23.8 Å². The van der Waals surface area contributed by atoms with Gasteiger partial charge in [-0.05, 0) is 24.6 Å². The first-order chi connectivity index (χ1) is 9.92. The molecule has 0 spiro atoms. The van der Waals surface area contributed by atoms with Crippen molar-refractivity contribution in [3.05, 3.63) is 29.0 Å². The molecule has 0 aliphatic rings. The number of halogens is 2. The van der Waals surface area contributed by atoms with E-state index >= 15 is 0 Å². The van der Waals surface area contributed by atoms with Crippen molar-refractivity contribution in [3.63, 3.8) is 0 Å². The summed E-state index contributed by atoms with van der Waals surface area (Å²) in [5.41, 5.74) is 0. The Balaban J connectivity index is 2.50. The summed E-state index contributed by atoms with van der Waals surface area (Å²) in [5.74, 6) is -1.73. The van der Waals surface area contributed by atoms with Crippen molar-refractivity contribution in [2.45, 2.75) is 32.2 Å². The zero-order valence-corrected chi connectivity index (χ0v) is 12.3. The third kappa shape index (κ3) is 6.44. The highest BCUT2D eigenvalue weighted by Crippen LogP contribution is 2.24. The molecule has 1 rings (SSSR count). The summed E-state index contributed by atoms with van der Waals surface area (Å²) in [6.07, 6.45) is 1.18. The van der Waals surface area contributed by atoms with E-state index < -0.39 is 23.7 Å². The van der Waals surface area contributed by atoms with Gasteiger partial charge in [-0.15, -0.1) is 0 Å². The highest BCUT2D eigenvalue weighted by Gasteiger charge is 2.15. The van der Waals surface area contributed by atoms with Crippen molar-refractivity contribution in [1.82, 2.24) is 5.32 Å². The molecule has 1 aromatic rings. The second-order valence-corrected chi connectivity index (χ2v) is 4.92. The predicted molar refractivity (Wildman–Crippen MR) is 76.0 cm³/mol. The van der Waals surface area contributed by atoms with E-state index in [2.05, 4.69) is 5.32 Å². The lowest BCUT2D eigenvalue weighted by Crippen LogP contribution is -2.39. The Bertz CT molecular complexity index is 510. The van der Waals surface area contributed by atoms with Gasteiger partial charge in [-0.25, -0.2) is 4.39 Å². The van der Waals surface area contributed by atoms with E-state index in [9.17, 15) is 14.0 Å². The van der Waals surface area contributed by atoms with E-state index in [1.807, 2.05) is 6.92 Å². The fraction of sp³-hybridized carbons (Fsp3) is 0.429. The van der Waals surface area contributed by atoms with Gasteiger partial charge < -0.3 is 15.2 Å². The normalized spacial score (nSPS) is 11.8.